The van der Waals surface area contributed by atoms with Crippen LogP contribution in [0.5, 0.6) is 5.75 Å². The smallest absolute Gasteiger partial charge is 0.326 e. The van der Waals surface area contributed by atoms with Crippen LogP contribution in [-0.2, 0) is 25.6 Å². The minimum absolute atomic E-state index is 0.0144. The number of amides is 3. The predicted octanol–water partition coefficient (Wildman–Crippen LogP) is -1.26. The van der Waals surface area contributed by atoms with E-state index in [-0.39, 0.29) is 37.4 Å². The van der Waals surface area contributed by atoms with Crippen LogP contribution in [0.15, 0.2) is 29.3 Å². The number of aliphatic carboxylic acids is 1. The van der Waals surface area contributed by atoms with E-state index in [2.05, 4.69) is 20.9 Å². The number of aliphatic imine (C=N–C) groups is 1. The monoisotopic (exact) mass is 596 g/mol. The van der Waals surface area contributed by atoms with Crippen LogP contribution in [0.2, 0.25) is 0 Å². The van der Waals surface area contributed by atoms with Gasteiger partial charge in [0.15, 0.2) is 5.96 Å². The summed E-state index contributed by atoms with van der Waals surface area (Å²) in [6, 6.07) is 1.83. The van der Waals surface area contributed by atoms with Gasteiger partial charge in [-0.2, -0.15) is 11.8 Å². The van der Waals surface area contributed by atoms with Crippen molar-refractivity contribution in [1.82, 2.24) is 16.0 Å². The van der Waals surface area contributed by atoms with Gasteiger partial charge in [-0.3, -0.25) is 19.4 Å². The van der Waals surface area contributed by atoms with Gasteiger partial charge in [0.1, 0.15) is 23.9 Å². The highest BCUT2D eigenvalue weighted by Gasteiger charge is 2.30. The second-order valence-electron chi connectivity index (χ2n) is 9.51. The molecule has 0 aliphatic heterocycles. The highest BCUT2D eigenvalue weighted by atomic mass is 32.2. The molecule has 4 atom stereocenters. The number of aromatic hydroxyl groups is 1. The van der Waals surface area contributed by atoms with Gasteiger partial charge in [-0.25, -0.2) is 4.79 Å². The third-order valence-corrected chi connectivity index (χ3v) is 6.76. The molecule has 0 fully saturated rings. The zero-order valence-corrected chi connectivity index (χ0v) is 24.2. The van der Waals surface area contributed by atoms with Crippen LogP contribution in [0.3, 0.4) is 0 Å². The number of phenols is 1. The number of nitrogens with zero attached hydrogens (tertiary/aromatic N) is 1. The van der Waals surface area contributed by atoms with E-state index in [9.17, 15) is 29.4 Å². The molecule has 0 radical (unpaired) electrons. The fourth-order valence-corrected chi connectivity index (χ4v) is 4.28. The molecule has 0 bridgehead atoms. The van der Waals surface area contributed by atoms with Crippen LogP contribution < -0.4 is 38.9 Å². The van der Waals surface area contributed by atoms with Crippen molar-refractivity contribution in [1.29, 1.82) is 0 Å². The van der Waals surface area contributed by atoms with Crippen molar-refractivity contribution < 1.29 is 29.4 Å². The number of carboxylic acid groups (broad SMARTS) is 1. The molecule has 0 saturated carbocycles. The average Bonchev–Trinajstić information content (AvgIpc) is 2.92. The number of hydrogen-bond acceptors (Lipinski definition) is 9. The lowest BCUT2D eigenvalue weighted by Gasteiger charge is -2.25. The molecule has 1 rings (SSSR count). The van der Waals surface area contributed by atoms with Crippen LogP contribution in [0.25, 0.3) is 0 Å². The number of phenolic OH excluding ortho intramolecular Hbond substituents is 1. The van der Waals surface area contributed by atoms with Gasteiger partial charge >= 0.3 is 5.97 Å². The first kappa shape index (κ1) is 35.5. The number of unbranched alkanes of at least 4 members (excludes halogenated alkanes) is 1. The van der Waals surface area contributed by atoms with E-state index in [0.717, 1.165) is 0 Å². The standard InChI is InChI=1S/C26H44N8O6S/c1-41-14-11-19(32-22(36)18(28)5-4-13-31-26(29)30)23(37)34-21(15-16-7-9-17(35)10-8-16)24(38)33-20(25(39)40)6-2-3-12-27/h7-10,18-21,35H,2-6,11-15,27-28H2,1H3,(H,32,36)(H,33,38)(H,34,37)(H,39,40)(H4,29,30,31). The number of benzene rings is 1. The fourth-order valence-electron chi connectivity index (χ4n) is 3.81. The molecule has 1 aromatic rings. The van der Waals surface area contributed by atoms with Crippen molar-refractivity contribution in [3.05, 3.63) is 29.8 Å². The first-order chi connectivity index (χ1) is 19.5. The van der Waals surface area contributed by atoms with Crippen molar-refractivity contribution in [3.63, 3.8) is 0 Å². The second kappa shape index (κ2) is 19.5. The quantitative estimate of drug-likeness (QED) is 0.0487. The summed E-state index contributed by atoms with van der Waals surface area (Å²) >= 11 is 1.47. The third kappa shape index (κ3) is 14.6. The molecule has 1 aromatic carbocycles. The van der Waals surface area contributed by atoms with Crippen molar-refractivity contribution in [2.75, 3.05) is 25.1 Å². The minimum Gasteiger partial charge on any atom is -0.508 e. The number of carboxylic acids is 1. The van der Waals surface area contributed by atoms with Gasteiger partial charge in [0, 0.05) is 13.0 Å². The van der Waals surface area contributed by atoms with E-state index in [4.69, 9.17) is 22.9 Å². The zero-order chi connectivity index (χ0) is 30.8. The molecule has 0 saturated heterocycles. The Hall–Kier alpha value is -3.56. The molecule has 0 aliphatic carbocycles. The fraction of sp³-hybridized carbons (Fsp3) is 0.577. The summed E-state index contributed by atoms with van der Waals surface area (Å²) in [5, 5.41) is 27.1. The maximum atomic E-state index is 13.4. The normalized spacial score (nSPS) is 13.7. The lowest BCUT2D eigenvalue weighted by Crippen LogP contribution is -2.57. The molecular weight excluding hydrogens is 552 g/mol. The number of carbonyl (C=O) groups is 4. The average molecular weight is 597 g/mol. The van der Waals surface area contributed by atoms with E-state index in [1.54, 1.807) is 12.1 Å². The predicted molar refractivity (Wildman–Crippen MR) is 159 cm³/mol. The highest BCUT2D eigenvalue weighted by Crippen LogP contribution is 2.13. The zero-order valence-electron chi connectivity index (χ0n) is 23.4. The van der Waals surface area contributed by atoms with Gasteiger partial charge < -0.3 is 49.1 Å². The summed E-state index contributed by atoms with van der Waals surface area (Å²) < 4.78 is 0. The molecule has 41 heavy (non-hydrogen) atoms. The Kier molecular flexibility index (Phi) is 16.9. The maximum Gasteiger partial charge on any atom is 0.326 e. The van der Waals surface area contributed by atoms with Gasteiger partial charge in [-0.05, 0) is 74.8 Å². The van der Waals surface area contributed by atoms with E-state index in [0.29, 0.717) is 43.7 Å². The summed E-state index contributed by atoms with van der Waals surface area (Å²) in [6.07, 6.45) is 4.14. The molecule has 0 aliphatic rings. The Morgan fingerprint density at radius 3 is 2.07 bits per heavy atom. The van der Waals surface area contributed by atoms with Gasteiger partial charge in [-0.15, -0.1) is 0 Å². The van der Waals surface area contributed by atoms with Crippen LogP contribution >= 0.6 is 11.8 Å². The van der Waals surface area contributed by atoms with E-state index in [1.165, 1.54) is 23.9 Å². The van der Waals surface area contributed by atoms with Crippen molar-refractivity contribution in [3.8, 4) is 5.75 Å². The van der Waals surface area contributed by atoms with Gasteiger partial charge in [0.2, 0.25) is 17.7 Å². The first-order valence-corrected chi connectivity index (χ1v) is 14.8. The molecule has 14 nitrogen and oxygen atoms in total. The summed E-state index contributed by atoms with van der Waals surface area (Å²) in [6.45, 7) is 0.695. The number of nitrogens with one attached hydrogen (secondary N) is 3. The maximum absolute atomic E-state index is 13.4. The minimum atomic E-state index is -1.20. The van der Waals surface area contributed by atoms with Gasteiger partial charge in [0.25, 0.3) is 0 Å². The Balaban J connectivity index is 3.05. The Morgan fingerprint density at radius 1 is 0.878 bits per heavy atom. The Bertz CT molecular complexity index is 1010. The van der Waals surface area contributed by atoms with Crippen molar-refractivity contribution in [2.24, 2.45) is 27.9 Å². The number of nitrogens with two attached hydrogens (primary N) is 4. The third-order valence-electron chi connectivity index (χ3n) is 6.12. The second-order valence-corrected chi connectivity index (χ2v) is 10.5. The van der Waals surface area contributed by atoms with E-state index >= 15 is 0 Å². The van der Waals surface area contributed by atoms with Crippen molar-refractivity contribution in [2.45, 2.75) is 69.1 Å². The van der Waals surface area contributed by atoms with Gasteiger partial charge in [0.05, 0.1) is 6.04 Å². The van der Waals surface area contributed by atoms with Crippen LogP contribution in [0, 0.1) is 0 Å². The largest absolute Gasteiger partial charge is 0.508 e. The number of rotatable bonds is 20. The van der Waals surface area contributed by atoms with Crippen molar-refractivity contribution >= 4 is 41.4 Å². The topological polar surface area (TPSA) is 261 Å². The summed E-state index contributed by atoms with van der Waals surface area (Å²) in [4.78, 5) is 55.0. The first-order valence-electron chi connectivity index (χ1n) is 13.4. The Labute approximate surface area is 244 Å². The lowest BCUT2D eigenvalue weighted by atomic mass is 10.0. The van der Waals surface area contributed by atoms with Crippen LogP contribution in [0.1, 0.15) is 44.1 Å². The van der Waals surface area contributed by atoms with Crippen LogP contribution in [0.4, 0.5) is 0 Å². The highest BCUT2D eigenvalue weighted by molar-refractivity contribution is 7.98. The molecule has 0 spiro atoms. The molecule has 4 unspecified atom stereocenters. The molecule has 15 heteroatoms. The number of thioether (sulfide) groups is 1. The van der Waals surface area contributed by atoms with Gasteiger partial charge in [-0.1, -0.05) is 12.1 Å². The van der Waals surface area contributed by atoms with E-state index < -0.39 is 47.9 Å². The van der Waals surface area contributed by atoms with E-state index in [1.807, 2.05) is 6.26 Å². The molecule has 13 N–H and O–H groups in total. The lowest BCUT2D eigenvalue weighted by molar-refractivity contribution is -0.142. The summed E-state index contributed by atoms with van der Waals surface area (Å²) in [7, 11) is 0. The Morgan fingerprint density at radius 2 is 1.49 bits per heavy atom. The van der Waals surface area contributed by atoms with Crippen LogP contribution in [-0.4, -0.2) is 89.1 Å². The summed E-state index contributed by atoms with van der Waals surface area (Å²) in [5.41, 5.74) is 22.7. The summed E-state index contributed by atoms with van der Waals surface area (Å²) in [5.74, 6) is -2.56. The molecule has 0 aromatic heterocycles. The molecule has 230 valence electrons. The number of guanidine groups is 1. The number of hydrogen-bond donors (Lipinski definition) is 9. The SMILES string of the molecule is CSCCC(NC(=O)C(N)CCCN=C(N)N)C(=O)NC(Cc1ccc(O)cc1)C(=O)NC(CCCCN)C(=O)O. The number of carbonyl (C=O) groups excluding carboxylic acids is 3. The molecular formula is C26H44N8O6S. The molecule has 3 amide bonds. The molecule has 0 heterocycles.